The van der Waals surface area contributed by atoms with E-state index in [1.54, 1.807) is 11.8 Å². The lowest BCUT2D eigenvalue weighted by molar-refractivity contribution is -0.117. The number of benzene rings is 1. The molecule has 1 amide bonds. The number of thioether (sulfide) groups is 1. The second-order valence-electron chi connectivity index (χ2n) is 4.67. The average Bonchev–Trinajstić information content (AvgIpc) is 2.43. The van der Waals surface area contributed by atoms with Gasteiger partial charge in [-0.3, -0.25) is 4.79 Å². The zero-order valence-electron chi connectivity index (χ0n) is 11.1. The van der Waals surface area contributed by atoms with Gasteiger partial charge in [-0.05, 0) is 12.1 Å². The Morgan fingerprint density at radius 2 is 2.05 bits per heavy atom. The number of fused-ring (bicyclic) bond motifs is 1. The smallest absolute Gasteiger partial charge is 0.218 e. The minimum atomic E-state index is -3.23. The first-order valence-corrected chi connectivity index (χ1v) is 9.24. The number of primary amides is 1. The van der Waals surface area contributed by atoms with E-state index in [-0.39, 0.29) is 17.9 Å². The van der Waals surface area contributed by atoms with Crippen molar-refractivity contribution in [3.05, 3.63) is 24.3 Å². The number of hydrogen-bond donors (Lipinski definition) is 1. The van der Waals surface area contributed by atoms with Gasteiger partial charge in [0.15, 0.2) is 9.84 Å². The highest BCUT2D eigenvalue weighted by molar-refractivity contribution is 7.99. The minimum absolute atomic E-state index is 0.0548. The van der Waals surface area contributed by atoms with Gasteiger partial charge >= 0.3 is 0 Å². The summed E-state index contributed by atoms with van der Waals surface area (Å²) in [6.07, 6.45) is -0.102. The Kier molecular flexibility index (Phi) is 4.93. The maximum atomic E-state index is 11.8. The summed E-state index contributed by atoms with van der Waals surface area (Å²) >= 11 is 1.79. The molecule has 2 N–H and O–H groups in total. The first-order valence-electron chi connectivity index (χ1n) is 6.43. The van der Waals surface area contributed by atoms with Crippen molar-refractivity contribution in [1.82, 2.24) is 0 Å². The van der Waals surface area contributed by atoms with Gasteiger partial charge in [0.2, 0.25) is 5.91 Å². The highest BCUT2D eigenvalue weighted by Crippen LogP contribution is 2.33. The number of nitrogens with two attached hydrogens (primary N) is 1. The van der Waals surface area contributed by atoms with E-state index in [1.807, 2.05) is 24.3 Å². The summed E-state index contributed by atoms with van der Waals surface area (Å²) in [4.78, 5) is 13.9. The summed E-state index contributed by atoms with van der Waals surface area (Å²) in [5.41, 5.74) is 6.08. The van der Waals surface area contributed by atoms with E-state index in [0.29, 0.717) is 6.54 Å². The zero-order valence-corrected chi connectivity index (χ0v) is 12.8. The number of carbonyl (C=O) groups is 1. The molecule has 1 aliphatic rings. The van der Waals surface area contributed by atoms with E-state index < -0.39 is 15.7 Å². The summed E-state index contributed by atoms with van der Waals surface area (Å²) < 4.78 is 23.7. The predicted octanol–water partition coefficient (Wildman–Crippen LogP) is 0.889. The Balaban J connectivity index is 1.97. The Bertz CT molecular complexity index is 587. The Morgan fingerprint density at radius 1 is 1.30 bits per heavy atom. The van der Waals surface area contributed by atoms with Crippen LogP contribution in [0.15, 0.2) is 29.2 Å². The van der Waals surface area contributed by atoms with Crippen molar-refractivity contribution < 1.29 is 13.2 Å². The van der Waals surface area contributed by atoms with E-state index >= 15 is 0 Å². The fourth-order valence-corrected chi connectivity index (χ4v) is 4.33. The predicted molar refractivity (Wildman–Crippen MR) is 81.8 cm³/mol. The molecule has 0 bridgehead atoms. The highest BCUT2D eigenvalue weighted by Gasteiger charge is 2.19. The van der Waals surface area contributed by atoms with E-state index in [9.17, 15) is 13.2 Å². The summed E-state index contributed by atoms with van der Waals surface area (Å²) in [5, 5.41) is 0. The van der Waals surface area contributed by atoms with Crippen LogP contribution in [0.1, 0.15) is 6.42 Å². The lowest BCUT2D eigenvalue weighted by Gasteiger charge is -2.30. The summed E-state index contributed by atoms with van der Waals surface area (Å²) in [6, 6.07) is 8.00. The molecule has 7 heteroatoms. The maximum Gasteiger partial charge on any atom is 0.218 e. The molecule has 0 atom stereocenters. The van der Waals surface area contributed by atoms with Crippen LogP contribution in [0.3, 0.4) is 0 Å². The van der Waals surface area contributed by atoms with Crippen LogP contribution in [0.2, 0.25) is 0 Å². The minimum Gasteiger partial charge on any atom is -0.370 e. The summed E-state index contributed by atoms with van der Waals surface area (Å²) in [6.45, 7) is 1.30. The molecule has 2 rings (SSSR count). The number of hydrogen-bond acceptors (Lipinski definition) is 5. The Labute approximate surface area is 123 Å². The fourth-order valence-electron chi connectivity index (χ4n) is 2.07. The highest BCUT2D eigenvalue weighted by atomic mass is 32.2. The largest absolute Gasteiger partial charge is 0.370 e. The molecule has 20 heavy (non-hydrogen) atoms. The van der Waals surface area contributed by atoms with Crippen LogP contribution >= 0.6 is 11.8 Å². The average molecular weight is 314 g/mol. The second kappa shape index (κ2) is 6.49. The molecular weight excluding hydrogens is 296 g/mol. The molecule has 1 aromatic rings. The summed E-state index contributed by atoms with van der Waals surface area (Å²) in [5.74, 6) is 0.276. The first-order chi connectivity index (χ1) is 9.48. The molecule has 0 spiro atoms. The van der Waals surface area contributed by atoms with Crippen LogP contribution in [-0.4, -0.2) is 44.7 Å². The molecule has 5 nitrogen and oxygen atoms in total. The SMILES string of the molecule is NC(=O)CCS(=O)(=O)CCN1CCSc2ccccc21. The third-order valence-electron chi connectivity index (χ3n) is 3.16. The standard InChI is InChI=1S/C13H18N2O3S2/c14-13(16)5-9-20(17,18)10-7-15-6-8-19-12-4-2-1-3-11(12)15/h1-4H,5-10H2,(H2,14,16). The Morgan fingerprint density at radius 3 is 2.80 bits per heavy atom. The Hall–Kier alpha value is -1.21. The number of nitrogens with zero attached hydrogens (tertiary/aromatic N) is 1. The molecule has 110 valence electrons. The van der Waals surface area contributed by atoms with Gasteiger partial charge in [-0.25, -0.2) is 8.42 Å². The first kappa shape index (κ1) is 15.2. The van der Waals surface area contributed by atoms with Crippen LogP contribution in [0.4, 0.5) is 5.69 Å². The molecule has 0 saturated carbocycles. The number of carbonyl (C=O) groups excluding carboxylic acids is 1. The lowest BCUT2D eigenvalue weighted by atomic mass is 10.3. The van der Waals surface area contributed by atoms with Gasteiger partial charge in [-0.1, -0.05) is 12.1 Å². The molecular formula is C13H18N2O3S2. The normalized spacial score (nSPS) is 14.9. The molecule has 0 radical (unpaired) electrons. The third-order valence-corrected chi connectivity index (χ3v) is 5.83. The van der Waals surface area contributed by atoms with Gasteiger partial charge < -0.3 is 10.6 Å². The van der Waals surface area contributed by atoms with E-state index in [0.717, 1.165) is 18.0 Å². The fraction of sp³-hybridized carbons (Fsp3) is 0.462. The number of amides is 1. The van der Waals surface area contributed by atoms with Crippen molar-refractivity contribution in [1.29, 1.82) is 0 Å². The summed E-state index contributed by atoms with van der Waals surface area (Å²) in [7, 11) is -3.23. The number of anilines is 1. The van der Waals surface area contributed by atoms with Crippen molar-refractivity contribution in [2.45, 2.75) is 11.3 Å². The van der Waals surface area contributed by atoms with E-state index in [2.05, 4.69) is 4.90 Å². The maximum absolute atomic E-state index is 11.8. The van der Waals surface area contributed by atoms with Crippen molar-refractivity contribution >= 4 is 33.2 Å². The molecule has 0 fully saturated rings. The van der Waals surface area contributed by atoms with Gasteiger partial charge in [-0.15, -0.1) is 11.8 Å². The third kappa shape index (κ3) is 4.14. The van der Waals surface area contributed by atoms with Gasteiger partial charge in [0.05, 0.1) is 17.2 Å². The molecule has 0 aromatic heterocycles. The second-order valence-corrected chi connectivity index (χ2v) is 8.11. The van der Waals surface area contributed by atoms with Crippen LogP contribution in [0.25, 0.3) is 0 Å². The van der Waals surface area contributed by atoms with Crippen molar-refractivity contribution in [3.63, 3.8) is 0 Å². The monoisotopic (exact) mass is 314 g/mol. The molecule has 1 aromatic carbocycles. The zero-order chi connectivity index (χ0) is 14.6. The number of rotatable bonds is 6. The number of sulfone groups is 1. The quantitative estimate of drug-likeness (QED) is 0.843. The van der Waals surface area contributed by atoms with Crippen molar-refractivity contribution in [2.24, 2.45) is 5.73 Å². The van der Waals surface area contributed by atoms with Crippen molar-refractivity contribution in [3.8, 4) is 0 Å². The molecule has 1 aliphatic heterocycles. The van der Waals surface area contributed by atoms with Crippen LogP contribution < -0.4 is 10.6 Å². The van der Waals surface area contributed by atoms with Crippen molar-refractivity contribution in [2.75, 3.05) is 35.2 Å². The lowest BCUT2D eigenvalue weighted by Crippen LogP contribution is -2.34. The topological polar surface area (TPSA) is 80.5 Å². The molecule has 1 heterocycles. The van der Waals surface area contributed by atoms with E-state index in [1.165, 1.54) is 4.90 Å². The van der Waals surface area contributed by atoms with Gasteiger partial charge in [-0.2, -0.15) is 0 Å². The van der Waals surface area contributed by atoms with Crippen LogP contribution in [0.5, 0.6) is 0 Å². The van der Waals surface area contributed by atoms with Gasteiger partial charge in [0, 0.05) is 30.2 Å². The van der Waals surface area contributed by atoms with E-state index in [4.69, 9.17) is 5.73 Å². The molecule has 0 aliphatic carbocycles. The van der Waals surface area contributed by atoms with Crippen LogP contribution in [0, 0.1) is 0 Å². The number of para-hydroxylation sites is 1. The van der Waals surface area contributed by atoms with Crippen LogP contribution in [-0.2, 0) is 14.6 Å². The molecule has 0 saturated heterocycles. The van der Waals surface area contributed by atoms with Gasteiger partial charge in [0.25, 0.3) is 0 Å². The molecule has 0 unspecified atom stereocenters. The van der Waals surface area contributed by atoms with Gasteiger partial charge in [0.1, 0.15) is 0 Å².